The molecule has 0 aliphatic heterocycles. The van der Waals surface area contributed by atoms with Crippen LogP contribution in [0.3, 0.4) is 0 Å². The van der Waals surface area contributed by atoms with Gasteiger partial charge in [-0.05, 0) is 13.3 Å². The summed E-state index contributed by atoms with van der Waals surface area (Å²) in [6, 6.07) is 0. The topological polar surface area (TPSA) is 57.6 Å². The van der Waals surface area contributed by atoms with Crippen molar-refractivity contribution in [3.05, 3.63) is 12.7 Å². The Hall–Kier alpha value is -1.32. The Morgan fingerprint density at radius 2 is 2.07 bits per heavy atom. The zero-order chi connectivity index (χ0) is 11.0. The third-order valence-corrected chi connectivity index (χ3v) is 1.87. The van der Waals surface area contributed by atoms with E-state index in [1.807, 2.05) is 6.92 Å². The first kappa shape index (κ1) is 12.7. The lowest BCUT2D eigenvalue weighted by atomic mass is 10.2. The minimum atomic E-state index is -0.857. The fourth-order valence-electron chi connectivity index (χ4n) is 1.11. The minimum absolute atomic E-state index is 0.00588. The summed E-state index contributed by atoms with van der Waals surface area (Å²) >= 11 is 0. The van der Waals surface area contributed by atoms with Crippen LogP contribution >= 0.6 is 0 Å². The lowest BCUT2D eigenvalue weighted by molar-refractivity contribution is -0.137. The summed E-state index contributed by atoms with van der Waals surface area (Å²) in [5, 5.41) is 8.38. The molecule has 80 valence electrons. The van der Waals surface area contributed by atoms with Gasteiger partial charge < -0.3 is 10.0 Å². The predicted molar refractivity (Wildman–Crippen MR) is 53.9 cm³/mol. The molecule has 4 heteroatoms. The van der Waals surface area contributed by atoms with Crippen molar-refractivity contribution in [1.82, 2.24) is 4.90 Å². The van der Waals surface area contributed by atoms with Crippen LogP contribution in [0, 0.1) is 0 Å². The van der Waals surface area contributed by atoms with E-state index < -0.39 is 5.97 Å². The summed E-state index contributed by atoms with van der Waals surface area (Å²) in [6.07, 6.45) is 2.42. The summed E-state index contributed by atoms with van der Waals surface area (Å²) in [4.78, 5) is 23.3. The number of carboxylic acids is 1. The molecule has 1 amide bonds. The van der Waals surface area contributed by atoms with E-state index >= 15 is 0 Å². The van der Waals surface area contributed by atoms with Crippen molar-refractivity contribution in [1.29, 1.82) is 0 Å². The van der Waals surface area contributed by atoms with Gasteiger partial charge in [0.05, 0.1) is 0 Å². The summed E-state index contributed by atoms with van der Waals surface area (Å²) in [6.45, 7) is 6.61. The maximum absolute atomic E-state index is 11.4. The van der Waals surface area contributed by atoms with Crippen molar-refractivity contribution in [2.24, 2.45) is 0 Å². The Morgan fingerprint density at radius 3 is 2.50 bits per heavy atom. The van der Waals surface area contributed by atoms with Gasteiger partial charge in [-0.1, -0.05) is 6.08 Å². The highest BCUT2D eigenvalue weighted by Crippen LogP contribution is 2.01. The van der Waals surface area contributed by atoms with Crippen LogP contribution in [0.2, 0.25) is 0 Å². The van der Waals surface area contributed by atoms with Crippen molar-refractivity contribution < 1.29 is 14.7 Å². The quantitative estimate of drug-likeness (QED) is 0.628. The number of amides is 1. The van der Waals surface area contributed by atoms with E-state index in [1.54, 1.807) is 11.0 Å². The van der Waals surface area contributed by atoms with Crippen molar-refractivity contribution in [3.63, 3.8) is 0 Å². The first-order chi connectivity index (χ1) is 6.61. The Bertz CT molecular complexity index is 213. The predicted octanol–water partition coefficient (Wildman–Crippen LogP) is 1.28. The van der Waals surface area contributed by atoms with Crippen LogP contribution in [0.15, 0.2) is 12.7 Å². The second-order valence-electron chi connectivity index (χ2n) is 2.97. The Labute approximate surface area is 84.2 Å². The molecule has 0 aliphatic carbocycles. The molecular formula is C10H17NO3. The van der Waals surface area contributed by atoms with Crippen LogP contribution in [-0.2, 0) is 9.59 Å². The third kappa shape index (κ3) is 5.35. The number of hydrogen-bond donors (Lipinski definition) is 1. The number of aliphatic carboxylic acids is 1. The molecule has 0 saturated heterocycles. The average molecular weight is 199 g/mol. The summed E-state index contributed by atoms with van der Waals surface area (Å²) in [5.74, 6) is -0.863. The Balaban J connectivity index is 3.80. The van der Waals surface area contributed by atoms with Gasteiger partial charge in [0.25, 0.3) is 0 Å². The molecule has 0 radical (unpaired) electrons. The van der Waals surface area contributed by atoms with Crippen molar-refractivity contribution in [2.45, 2.75) is 26.2 Å². The molecule has 0 saturated carbocycles. The lowest BCUT2D eigenvalue weighted by Gasteiger charge is -2.18. The molecule has 0 aromatic carbocycles. The van der Waals surface area contributed by atoms with Gasteiger partial charge in [-0.3, -0.25) is 9.59 Å². The highest BCUT2D eigenvalue weighted by Gasteiger charge is 2.09. The Kier molecular flexibility index (Phi) is 6.45. The number of likely N-dealkylation sites (N-methyl/N-ethyl adjacent to an activating group) is 1. The van der Waals surface area contributed by atoms with Crippen LogP contribution in [0.1, 0.15) is 26.2 Å². The summed E-state index contributed by atoms with van der Waals surface area (Å²) in [5.41, 5.74) is 0. The van der Waals surface area contributed by atoms with E-state index in [2.05, 4.69) is 6.58 Å². The number of hydrogen-bond acceptors (Lipinski definition) is 2. The number of nitrogens with zero attached hydrogens (tertiary/aromatic N) is 1. The van der Waals surface area contributed by atoms with Crippen molar-refractivity contribution in [3.8, 4) is 0 Å². The lowest BCUT2D eigenvalue weighted by Crippen LogP contribution is -2.30. The second kappa shape index (κ2) is 7.12. The molecule has 0 atom stereocenters. The van der Waals surface area contributed by atoms with Crippen LogP contribution < -0.4 is 0 Å². The minimum Gasteiger partial charge on any atom is -0.481 e. The van der Waals surface area contributed by atoms with Gasteiger partial charge in [-0.2, -0.15) is 0 Å². The van der Waals surface area contributed by atoms with Crippen LogP contribution in [-0.4, -0.2) is 35.0 Å². The highest BCUT2D eigenvalue weighted by atomic mass is 16.4. The summed E-state index contributed by atoms with van der Waals surface area (Å²) in [7, 11) is 0. The largest absolute Gasteiger partial charge is 0.481 e. The maximum atomic E-state index is 11.4. The molecule has 14 heavy (non-hydrogen) atoms. The normalized spacial score (nSPS) is 9.50. The molecule has 1 N–H and O–H groups in total. The molecule has 0 unspecified atom stereocenters. The summed E-state index contributed by atoms with van der Waals surface area (Å²) < 4.78 is 0. The number of carbonyl (C=O) groups excluding carboxylic acids is 1. The van der Waals surface area contributed by atoms with Gasteiger partial charge in [0.15, 0.2) is 0 Å². The smallest absolute Gasteiger partial charge is 0.303 e. The zero-order valence-corrected chi connectivity index (χ0v) is 8.53. The molecule has 0 bridgehead atoms. The second-order valence-corrected chi connectivity index (χ2v) is 2.97. The van der Waals surface area contributed by atoms with E-state index in [0.717, 1.165) is 0 Å². The monoisotopic (exact) mass is 199 g/mol. The van der Waals surface area contributed by atoms with Crippen LogP contribution in [0.4, 0.5) is 0 Å². The van der Waals surface area contributed by atoms with Gasteiger partial charge in [0.2, 0.25) is 5.91 Å². The molecule has 0 spiro atoms. The van der Waals surface area contributed by atoms with Gasteiger partial charge in [0.1, 0.15) is 0 Å². The molecule has 0 aromatic rings. The SMILES string of the molecule is C=CCN(CC)C(=O)CCCC(=O)O. The molecular weight excluding hydrogens is 182 g/mol. The van der Waals surface area contributed by atoms with Gasteiger partial charge in [-0.25, -0.2) is 0 Å². The van der Waals surface area contributed by atoms with Gasteiger partial charge >= 0.3 is 5.97 Å². The molecule has 0 aliphatic rings. The van der Waals surface area contributed by atoms with Crippen LogP contribution in [0.25, 0.3) is 0 Å². The first-order valence-electron chi connectivity index (χ1n) is 4.72. The van der Waals surface area contributed by atoms with E-state index in [4.69, 9.17) is 5.11 Å². The van der Waals surface area contributed by atoms with Crippen LogP contribution in [0.5, 0.6) is 0 Å². The molecule has 0 heterocycles. The number of carboxylic acid groups (broad SMARTS) is 1. The van der Waals surface area contributed by atoms with Gasteiger partial charge in [-0.15, -0.1) is 6.58 Å². The number of rotatable bonds is 7. The molecule has 0 aromatic heterocycles. The van der Waals surface area contributed by atoms with E-state index in [-0.39, 0.29) is 12.3 Å². The fourth-order valence-corrected chi connectivity index (χ4v) is 1.11. The zero-order valence-electron chi connectivity index (χ0n) is 8.53. The van der Waals surface area contributed by atoms with Crippen molar-refractivity contribution >= 4 is 11.9 Å². The molecule has 4 nitrogen and oxygen atoms in total. The fraction of sp³-hybridized carbons (Fsp3) is 0.600. The van der Waals surface area contributed by atoms with Gasteiger partial charge in [0, 0.05) is 25.9 Å². The Morgan fingerprint density at radius 1 is 1.43 bits per heavy atom. The maximum Gasteiger partial charge on any atom is 0.303 e. The van der Waals surface area contributed by atoms with E-state index in [9.17, 15) is 9.59 Å². The average Bonchev–Trinajstić information content (AvgIpc) is 2.13. The standard InChI is InChI=1S/C10H17NO3/c1-3-8-11(4-2)9(12)6-5-7-10(13)14/h3H,1,4-8H2,2H3,(H,13,14). The third-order valence-electron chi connectivity index (χ3n) is 1.87. The molecule has 0 rings (SSSR count). The first-order valence-corrected chi connectivity index (χ1v) is 4.72. The van der Waals surface area contributed by atoms with E-state index in [1.165, 1.54) is 0 Å². The highest BCUT2D eigenvalue weighted by molar-refractivity contribution is 5.77. The number of carbonyl (C=O) groups is 2. The van der Waals surface area contributed by atoms with E-state index in [0.29, 0.717) is 25.9 Å². The van der Waals surface area contributed by atoms with Crippen molar-refractivity contribution in [2.75, 3.05) is 13.1 Å². The molecule has 0 fully saturated rings.